The summed E-state index contributed by atoms with van der Waals surface area (Å²) >= 11 is 5.84. The predicted molar refractivity (Wildman–Crippen MR) is 94.7 cm³/mol. The minimum absolute atomic E-state index is 0.214. The molecule has 24 heavy (non-hydrogen) atoms. The van der Waals surface area contributed by atoms with E-state index >= 15 is 0 Å². The van der Waals surface area contributed by atoms with Gasteiger partial charge in [0.05, 0.1) is 0 Å². The Labute approximate surface area is 143 Å². The molecule has 2 aromatic carbocycles. The van der Waals surface area contributed by atoms with Gasteiger partial charge in [0.15, 0.2) is 0 Å². The molecule has 0 aliphatic carbocycles. The number of aromatic amines is 1. The molecule has 3 aromatic rings. The van der Waals surface area contributed by atoms with Gasteiger partial charge < -0.3 is 5.32 Å². The summed E-state index contributed by atoms with van der Waals surface area (Å²) in [7, 11) is 1.67. The van der Waals surface area contributed by atoms with E-state index in [4.69, 9.17) is 11.6 Å². The van der Waals surface area contributed by atoms with Crippen molar-refractivity contribution in [3.63, 3.8) is 0 Å². The number of anilines is 1. The second kappa shape index (κ2) is 7.06. The molecule has 0 saturated carbocycles. The molecule has 7 heteroatoms. The molecule has 2 N–H and O–H groups in total. The molecule has 6 nitrogen and oxygen atoms in total. The SMILES string of the molecule is C/N=C/c1[nH]nnc1-c1cccc(C(=O)Nc2ccc(Cl)cc2)c1. The Hall–Kier alpha value is -2.99. The first-order valence-corrected chi connectivity index (χ1v) is 7.56. The molecular weight excluding hydrogens is 326 g/mol. The van der Waals surface area contributed by atoms with Crippen molar-refractivity contribution in [1.82, 2.24) is 15.4 Å². The van der Waals surface area contributed by atoms with E-state index in [0.717, 1.165) is 5.56 Å². The van der Waals surface area contributed by atoms with Crippen LogP contribution in [0.2, 0.25) is 5.02 Å². The molecule has 0 radical (unpaired) electrons. The quantitative estimate of drug-likeness (QED) is 0.714. The molecule has 0 spiro atoms. The van der Waals surface area contributed by atoms with Gasteiger partial charge in [-0.2, -0.15) is 0 Å². The van der Waals surface area contributed by atoms with Crippen LogP contribution in [-0.2, 0) is 0 Å². The Morgan fingerprint density at radius 1 is 1.25 bits per heavy atom. The zero-order valence-electron chi connectivity index (χ0n) is 12.8. The maximum absolute atomic E-state index is 12.4. The highest BCUT2D eigenvalue weighted by Gasteiger charge is 2.12. The topological polar surface area (TPSA) is 83.0 Å². The van der Waals surface area contributed by atoms with Gasteiger partial charge >= 0.3 is 0 Å². The molecular formula is C17H14ClN5O. The summed E-state index contributed by atoms with van der Waals surface area (Å²) in [5, 5.41) is 14.1. The Bertz CT molecular complexity index is 886. The fourth-order valence-corrected chi connectivity index (χ4v) is 2.34. The predicted octanol–water partition coefficient (Wildman–Crippen LogP) is 3.43. The van der Waals surface area contributed by atoms with Crippen LogP contribution in [0.1, 0.15) is 16.1 Å². The first-order chi connectivity index (χ1) is 11.7. The molecule has 0 saturated heterocycles. The second-order valence-corrected chi connectivity index (χ2v) is 5.44. The monoisotopic (exact) mass is 339 g/mol. The molecule has 120 valence electrons. The third-order valence-electron chi connectivity index (χ3n) is 3.33. The van der Waals surface area contributed by atoms with E-state index in [2.05, 4.69) is 25.7 Å². The van der Waals surface area contributed by atoms with Crippen molar-refractivity contribution in [2.24, 2.45) is 4.99 Å². The summed E-state index contributed by atoms with van der Waals surface area (Å²) in [6.45, 7) is 0. The Morgan fingerprint density at radius 3 is 2.79 bits per heavy atom. The van der Waals surface area contributed by atoms with Crippen molar-refractivity contribution in [3.05, 3.63) is 64.8 Å². The highest BCUT2D eigenvalue weighted by molar-refractivity contribution is 6.30. The van der Waals surface area contributed by atoms with Crippen LogP contribution in [0.3, 0.4) is 0 Å². The van der Waals surface area contributed by atoms with E-state index in [1.165, 1.54) is 0 Å². The number of aromatic nitrogens is 3. The summed E-state index contributed by atoms with van der Waals surface area (Å²) in [6.07, 6.45) is 1.63. The average Bonchev–Trinajstić information content (AvgIpc) is 3.06. The number of carbonyl (C=O) groups is 1. The number of rotatable bonds is 4. The zero-order chi connectivity index (χ0) is 16.9. The number of H-pyrrole nitrogens is 1. The molecule has 1 amide bonds. The average molecular weight is 340 g/mol. The van der Waals surface area contributed by atoms with Gasteiger partial charge in [-0.3, -0.25) is 14.9 Å². The van der Waals surface area contributed by atoms with Crippen LogP contribution in [0.25, 0.3) is 11.3 Å². The summed E-state index contributed by atoms with van der Waals surface area (Å²) in [6, 6.07) is 14.1. The Balaban J connectivity index is 1.85. The van der Waals surface area contributed by atoms with E-state index in [9.17, 15) is 4.79 Å². The fourth-order valence-electron chi connectivity index (χ4n) is 2.21. The van der Waals surface area contributed by atoms with Crippen LogP contribution in [0.4, 0.5) is 5.69 Å². The molecule has 0 aliphatic rings. The summed E-state index contributed by atoms with van der Waals surface area (Å²) < 4.78 is 0. The highest BCUT2D eigenvalue weighted by Crippen LogP contribution is 2.21. The van der Waals surface area contributed by atoms with Crippen LogP contribution in [0, 0.1) is 0 Å². The molecule has 3 rings (SSSR count). The molecule has 1 heterocycles. The van der Waals surface area contributed by atoms with Gasteiger partial charge in [0, 0.05) is 35.1 Å². The van der Waals surface area contributed by atoms with Crippen LogP contribution < -0.4 is 5.32 Å². The first kappa shape index (κ1) is 15.9. The van der Waals surface area contributed by atoms with Crippen molar-refractivity contribution >= 4 is 29.4 Å². The fraction of sp³-hybridized carbons (Fsp3) is 0.0588. The minimum atomic E-state index is -0.214. The van der Waals surface area contributed by atoms with Crippen LogP contribution in [0.15, 0.2) is 53.5 Å². The normalized spacial score (nSPS) is 10.9. The van der Waals surface area contributed by atoms with Crippen molar-refractivity contribution in [1.29, 1.82) is 0 Å². The van der Waals surface area contributed by atoms with Crippen molar-refractivity contribution in [2.75, 3.05) is 12.4 Å². The highest BCUT2D eigenvalue weighted by atomic mass is 35.5. The number of hydrogen-bond acceptors (Lipinski definition) is 4. The number of amides is 1. The Kier molecular flexibility index (Phi) is 4.67. The smallest absolute Gasteiger partial charge is 0.255 e. The van der Waals surface area contributed by atoms with Gasteiger partial charge in [-0.1, -0.05) is 28.9 Å². The largest absolute Gasteiger partial charge is 0.322 e. The van der Waals surface area contributed by atoms with Gasteiger partial charge in [0.25, 0.3) is 5.91 Å². The molecule has 0 fully saturated rings. The van der Waals surface area contributed by atoms with E-state index in [0.29, 0.717) is 27.7 Å². The van der Waals surface area contributed by atoms with Gasteiger partial charge in [-0.05, 0) is 36.4 Å². The first-order valence-electron chi connectivity index (χ1n) is 7.18. The lowest BCUT2D eigenvalue weighted by Crippen LogP contribution is -2.11. The maximum Gasteiger partial charge on any atom is 0.255 e. The maximum atomic E-state index is 12.4. The lowest BCUT2D eigenvalue weighted by molar-refractivity contribution is 0.102. The van der Waals surface area contributed by atoms with Crippen molar-refractivity contribution < 1.29 is 4.79 Å². The van der Waals surface area contributed by atoms with Gasteiger partial charge in [-0.25, -0.2) is 0 Å². The van der Waals surface area contributed by atoms with E-state index in [-0.39, 0.29) is 5.91 Å². The third kappa shape index (κ3) is 3.49. The molecule has 1 aromatic heterocycles. The number of hydrogen-bond donors (Lipinski definition) is 2. The molecule has 0 aliphatic heterocycles. The van der Waals surface area contributed by atoms with Crippen LogP contribution in [-0.4, -0.2) is 34.6 Å². The van der Waals surface area contributed by atoms with E-state index in [1.54, 1.807) is 55.7 Å². The number of nitrogens with one attached hydrogen (secondary N) is 2. The molecule has 0 bridgehead atoms. The van der Waals surface area contributed by atoms with Crippen LogP contribution in [0.5, 0.6) is 0 Å². The minimum Gasteiger partial charge on any atom is -0.322 e. The summed E-state index contributed by atoms with van der Waals surface area (Å²) in [5.41, 5.74) is 3.30. The van der Waals surface area contributed by atoms with Gasteiger partial charge in [0.2, 0.25) is 0 Å². The summed E-state index contributed by atoms with van der Waals surface area (Å²) in [5.74, 6) is -0.214. The standard InChI is InChI=1S/C17H14ClN5O/c1-19-10-15-16(22-23-21-15)11-3-2-4-12(9-11)17(24)20-14-7-5-13(18)6-8-14/h2-10H,1H3,(H,20,24)(H,21,22,23)/b19-10+. The lowest BCUT2D eigenvalue weighted by atomic mass is 10.1. The number of benzene rings is 2. The molecule has 0 atom stereocenters. The van der Waals surface area contributed by atoms with Crippen molar-refractivity contribution in [3.8, 4) is 11.3 Å². The summed E-state index contributed by atoms with van der Waals surface area (Å²) in [4.78, 5) is 16.4. The third-order valence-corrected chi connectivity index (χ3v) is 3.59. The van der Waals surface area contributed by atoms with Gasteiger partial charge in [-0.15, -0.1) is 5.10 Å². The number of nitrogens with zero attached hydrogens (tertiary/aromatic N) is 3. The Morgan fingerprint density at radius 2 is 2.04 bits per heavy atom. The zero-order valence-corrected chi connectivity index (χ0v) is 13.6. The van der Waals surface area contributed by atoms with Crippen molar-refractivity contribution in [2.45, 2.75) is 0 Å². The van der Waals surface area contributed by atoms with E-state index < -0.39 is 0 Å². The second-order valence-electron chi connectivity index (χ2n) is 5.00. The molecule has 0 unspecified atom stereocenters. The van der Waals surface area contributed by atoms with Gasteiger partial charge in [0.1, 0.15) is 11.4 Å². The lowest BCUT2D eigenvalue weighted by Gasteiger charge is -2.06. The van der Waals surface area contributed by atoms with Crippen LogP contribution >= 0.6 is 11.6 Å². The number of halogens is 1. The number of aliphatic imine (C=N–C) groups is 1. The van der Waals surface area contributed by atoms with E-state index in [1.807, 2.05) is 6.07 Å². The number of carbonyl (C=O) groups excluding carboxylic acids is 1.